The molecule has 0 heterocycles. The van der Waals surface area contributed by atoms with Gasteiger partial charge in [-0.05, 0) is 30.4 Å². The number of benzene rings is 1. The van der Waals surface area contributed by atoms with E-state index in [1.807, 2.05) is 0 Å². The third-order valence-electron chi connectivity index (χ3n) is 4.47. The van der Waals surface area contributed by atoms with Crippen LogP contribution < -0.4 is 11.1 Å². The van der Waals surface area contributed by atoms with E-state index in [1.54, 1.807) is 0 Å². The molecule has 2 heteroatoms. The van der Waals surface area contributed by atoms with Gasteiger partial charge in [0.2, 0.25) is 0 Å². The van der Waals surface area contributed by atoms with E-state index in [1.165, 1.54) is 24.8 Å². The molecule has 18 heavy (non-hydrogen) atoms. The van der Waals surface area contributed by atoms with Crippen LogP contribution in [-0.4, -0.2) is 19.6 Å². The Morgan fingerprint density at radius 3 is 2.39 bits per heavy atom. The first kappa shape index (κ1) is 13.6. The van der Waals surface area contributed by atoms with E-state index in [2.05, 4.69) is 49.5 Å². The summed E-state index contributed by atoms with van der Waals surface area (Å²) in [6, 6.07) is 10.7. The molecule has 0 unspecified atom stereocenters. The van der Waals surface area contributed by atoms with Gasteiger partial charge in [-0.15, -0.1) is 0 Å². The lowest BCUT2D eigenvalue weighted by Gasteiger charge is -2.42. The summed E-state index contributed by atoms with van der Waals surface area (Å²) < 4.78 is 0. The molecule has 3 N–H and O–H groups in total. The lowest BCUT2D eigenvalue weighted by molar-refractivity contribution is 0.138. The lowest BCUT2D eigenvalue weighted by Crippen LogP contribution is -2.47. The molecule has 100 valence electrons. The molecule has 0 bridgehead atoms. The molecule has 2 nitrogen and oxygen atoms in total. The average molecular weight is 246 g/mol. The van der Waals surface area contributed by atoms with Gasteiger partial charge in [0.15, 0.2) is 0 Å². The average Bonchev–Trinajstić information content (AvgIpc) is 2.34. The van der Waals surface area contributed by atoms with Crippen molar-refractivity contribution in [2.45, 2.75) is 38.5 Å². The highest BCUT2D eigenvalue weighted by atomic mass is 14.9. The Morgan fingerprint density at radius 2 is 1.89 bits per heavy atom. The summed E-state index contributed by atoms with van der Waals surface area (Å²) in [7, 11) is 0. The Kier molecular flexibility index (Phi) is 4.08. The maximum atomic E-state index is 5.89. The van der Waals surface area contributed by atoms with Crippen molar-refractivity contribution in [2.24, 2.45) is 11.1 Å². The minimum absolute atomic E-state index is 0.181. The van der Waals surface area contributed by atoms with Crippen LogP contribution in [0.4, 0.5) is 0 Å². The number of nitrogens with one attached hydrogen (secondary N) is 1. The molecule has 1 saturated carbocycles. The van der Waals surface area contributed by atoms with Gasteiger partial charge in [0.25, 0.3) is 0 Å². The van der Waals surface area contributed by atoms with Gasteiger partial charge >= 0.3 is 0 Å². The van der Waals surface area contributed by atoms with Gasteiger partial charge in [-0.25, -0.2) is 0 Å². The van der Waals surface area contributed by atoms with Gasteiger partial charge in [-0.2, -0.15) is 0 Å². The smallest absolute Gasteiger partial charge is 0.00434 e. The van der Waals surface area contributed by atoms with Crippen LogP contribution in [0.3, 0.4) is 0 Å². The molecule has 0 saturated heterocycles. The molecule has 0 aromatic heterocycles. The second kappa shape index (κ2) is 5.41. The zero-order chi connectivity index (χ0) is 13.1. The summed E-state index contributed by atoms with van der Waals surface area (Å²) in [5.41, 5.74) is 7.86. The highest BCUT2D eigenvalue weighted by Crippen LogP contribution is 2.39. The second-order valence-corrected chi connectivity index (χ2v) is 6.41. The van der Waals surface area contributed by atoms with Crippen LogP contribution in [0.5, 0.6) is 0 Å². The first-order chi connectivity index (χ1) is 8.58. The Hall–Kier alpha value is -0.860. The Bertz CT molecular complexity index is 360. The summed E-state index contributed by atoms with van der Waals surface area (Å²) in [5, 5.41) is 3.64. The van der Waals surface area contributed by atoms with E-state index in [4.69, 9.17) is 5.73 Å². The quantitative estimate of drug-likeness (QED) is 0.810. The van der Waals surface area contributed by atoms with Crippen molar-refractivity contribution in [1.29, 1.82) is 0 Å². The summed E-state index contributed by atoms with van der Waals surface area (Å²) in [5.74, 6) is 0. The van der Waals surface area contributed by atoms with Crippen molar-refractivity contribution in [3.05, 3.63) is 35.9 Å². The zero-order valence-electron chi connectivity index (χ0n) is 11.7. The van der Waals surface area contributed by atoms with E-state index in [9.17, 15) is 0 Å². The van der Waals surface area contributed by atoms with Crippen molar-refractivity contribution in [1.82, 2.24) is 5.32 Å². The van der Waals surface area contributed by atoms with Gasteiger partial charge in [-0.1, -0.05) is 50.6 Å². The molecule has 1 aliphatic carbocycles. The normalized spacial score (nSPS) is 18.4. The predicted molar refractivity (Wildman–Crippen MR) is 77.7 cm³/mol. The number of rotatable bonds is 6. The zero-order valence-corrected chi connectivity index (χ0v) is 11.7. The van der Waals surface area contributed by atoms with Crippen LogP contribution in [0.25, 0.3) is 0 Å². The summed E-state index contributed by atoms with van der Waals surface area (Å²) >= 11 is 0. The summed E-state index contributed by atoms with van der Waals surface area (Å²) in [6.07, 6.45) is 3.94. The minimum atomic E-state index is 0.181. The molecule has 0 spiro atoms. The Morgan fingerprint density at radius 1 is 1.22 bits per heavy atom. The van der Waals surface area contributed by atoms with Crippen molar-refractivity contribution < 1.29 is 0 Å². The SMILES string of the molecule is CC(C)(CNCC1(CN)CCC1)c1ccccc1. The highest BCUT2D eigenvalue weighted by Gasteiger charge is 2.35. The molecule has 2 rings (SSSR count). The van der Waals surface area contributed by atoms with Crippen LogP contribution in [-0.2, 0) is 5.41 Å². The molecule has 1 aliphatic rings. The summed E-state index contributed by atoms with van der Waals surface area (Å²) in [6.45, 7) is 7.50. The summed E-state index contributed by atoms with van der Waals surface area (Å²) in [4.78, 5) is 0. The minimum Gasteiger partial charge on any atom is -0.330 e. The number of nitrogens with two attached hydrogens (primary N) is 1. The molecule has 1 fully saturated rings. The fourth-order valence-electron chi connectivity index (χ4n) is 2.76. The van der Waals surface area contributed by atoms with E-state index in [0.29, 0.717) is 5.41 Å². The van der Waals surface area contributed by atoms with E-state index in [0.717, 1.165) is 19.6 Å². The van der Waals surface area contributed by atoms with Crippen LogP contribution in [0.1, 0.15) is 38.7 Å². The van der Waals surface area contributed by atoms with Gasteiger partial charge in [0.05, 0.1) is 0 Å². The molecule has 0 aliphatic heterocycles. The Balaban J connectivity index is 1.86. The molecule has 0 amide bonds. The standard InChI is InChI=1S/C16H26N2/c1-15(2,14-7-4-3-5-8-14)12-18-13-16(11-17)9-6-10-16/h3-5,7-8,18H,6,9-13,17H2,1-2H3. The first-order valence-corrected chi connectivity index (χ1v) is 7.04. The predicted octanol–water partition coefficient (Wildman–Crippen LogP) is 2.68. The topological polar surface area (TPSA) is 38.0 Å². The maximum Gasteiger partial charge on any atom is 0.00434 e. The number of hydrogen-bond acceptors (Lipinski definition) is 2. The van der Waals surface area contributed by atoms with Crippen molar-refractivity contribution in [3.8, 4) is 0 Å². The fraction of sp³-hybridized carbons (Fsp3) is 0.625. The Labute approximate surface area is 111 Å². The molecular formula is C16H26N2. The highest BCUT2D eigenvalue weighted by molar-refractivity contribution is 5.23. The molecule has 1 aromatic carbocycles. The van der Waals surface area contributed by atoms with Crippen LogP contribution in [0, 0.1) is 5.41 Å². The molecule has 0 atom stereocenters. The van der Waals surface area contributed by atoms with Crippen LogP contribution >= 0.6 is 0 Å². The molecule has 0 radical (unpaired) electrons. The van der Waals surface area contributed by atoms with Crippen LogP contribution in [0.2, 0.25) is 0 Å². The second-order valence-electron chi connectivity index (χ2n) is 6.41. The van der Waals surface area contributed by atoms with Gasteiger partial charge in [0.1, 0.15) is 0 Å². The maximum absolute atomic E-state index is 5.89. The fourth-order valence-corrected chi connectivity index (χ4v) is 2.76. The van der Waals surface area contributed by atoms with E-state index < -0.39 is 0 Å². The van der Waals surface area contributed by atoms with Crippen LogP contribution in [0.15, 0.2) is 30.3 Å². The van der Waals surface area contributed by atoms with E-state index in [-0.39, 0.29) is 5.41 Å². The third kappa shape index (κ3) is 2.93. The van der Waals surface area contributed by atoms with Gasteiger partial charge < -0.3 is 11.1 Å². The molecule has 1 aromatic rings. The number of hydrogen-bond donors (Lipinski definition) is 2. The van der Waals surface area contributed by atoms with Crippen molar-refractivity contribution in [2.75, 3.05) is 19.6 Å². The van der Waals surface area contributed by atoms with Gasteiger partial charge in [0, 0.05) is 18.5 Å². The lowest BCUT2D eigenvalue weighted by atomic mass is 9.68. The molecular weight excluding hydrogens is 220 g/mol. The van der Waals surface area contributed by atoms with E-state index >= 15 is 0 Å². The first-order valence-electron chi connectivity index (χ1n) is 7.04. The largest absolute Gasteiger partial charge is 0.330 e. The van der Waals surface area contributed by atoms with Crippen molar-refractivity contribution in [3.63, 3.8) is 0 Å². The monoisotopic (exact) mass is 246 g/mol. The third-order valence-corrected chi connectivity index (χ3v) is 4.47. The van der Waals surface area contributed by atoms with Gasteiger partial charge in [-0.3, -0.25) is 0 Å². The van der Waals surface area contributed by atoms with Crippen molar-refractivity contribution >= 4 is 0 Å².